The zero-order chi connectivity index (χ0) is 5.21. The van der Waals surface area contributed by atoms with Crippen LogP contribution in [0.1, 0.15) is 6.92 Å². The van der Waals surface area contributed by atoms with Gasteiger partial charge in [0.2, 0.25) is 7.45 Å². The normalized spacial score (nSPS) is 19.8. The Balaban J connectivity index is 3.48. The largest absolute Gasteiger partial charge is 0.288 e. The molecule has 0 N–H and O–H groups in total. The van der Waals surface area contributed by atoms with Crippen LogP contribution < -0.4 is 0 Å². The molecule has 0 saturated heterocycles. The Bertz CT molecular complexity index is 74.9. The van der Waals surface area contributed by atoms with E-state index in [4.69, 9.17) is 0 Å². The van der Waals surface area contributed by atoms with Crippen LogP contribution in [0.5, 0.6) is 0 Å². The average molecular weight is 110 g/mol. The lowest BCUT2D eigenvalue weighted by atomic mass is 11.0. The predicted octanol–water partition coefficient (Wildman–Crippen LogP) is 1.88. The first-order valence-electron chi connectivity index (χ1n) is 1.82. The maximum atomic E-state index is 11.7. The van der Waals surface area contributed by atoms with Gasteiger partial charge in [-0.15, -0.1) is 0 Å². The summed E-state index contributed by atoms with van der Waals surface area (Å²) >= 11 is 0. The van der Waals surface area contributed by atoms with E-state index >= 15 is 0 Å². The van der Waals surface area contributed by atoms with Crippen molar-refractivity contribution in [1.82, 2.24) is 0 Å². The van der Waals surface area contributed by atoms with E-state index in [-0.39, 0.29) is 6.16 Å². The minimum atomic E-state index is -3.15. The van der Waals surface area contributed by atoms with E-state index in [2.05, 4.69) is 0 Å². The Morgan fingerprint density at radius 2 is 2.00 bits per heavy atom. The minimum absolute atomic E-state index is 0.160. The molecule has 38 valence electrons. The molecule has 0 rings (SSSR count). The average Bonchev–Trinajstić information content (AvgIpc) is 1.35. The molecule has 0 aromatic carbocycles. The molecule has 1 nitrogen and oxygen atoms in total. The molecule has 0 aromatic rings. The monoisotopic (exact) mass is 110 g/mol. The van der Waals surface area contributed by atoms with Crippen LogP contribution in [-0.2, 0) is 4.57 Å². The van der Waals surface area contributed by atoms with E-state index in [1.165, 1.54) is 0 Å². The summed E-state index contributed by atoms with van der Waals surface area (Å²) in [6.45, 7) is 2.70. The van der Waals surface area contributed by atoms with Crippen LogP contribution in [0.2, 0.25) is 0 Å². The van der Waals surface area contributed by atoms with Crippen molar-refractivity contribution in [3.05, 3.63) is 0 Å². The summed E-state index contributed by atoms with van der Waals surface area (Å²) < 4.78 is 21.6. The topological polar surface area (TPSA) is 17.1 Å². The minimum Gasteiger partial charge on any atom is -0.288 e. The van der Waals surface area contributed by atoms with Gasteiger partial charge in [-0.1, -0.05) is 6.92 Å². The number of hydrogen-bond donors (Lipinski definition) is 0. The third-order valence-corrected chi connectivity index (χ3v) is 1.69. The highest BCUT2D eigenvalue weighted by Gasteiger charge is 2.05. The van der Waals surface area contributed by atoms with Crippen molar-refractivity contribution in [3.8, 4) is 0 Å². The molecule has 1 unspecified atom stereocenters. The third-order valence-electron chi connectivity index (χ3n) is 0.565. The molecule has 0 heterocycles. The summed E-state index contributed by atoms with van der Waals surface area (Å²) in [6.07, 6.45) is 0.160. The van der Waals surface area contributed by atoms with Crippen molar-refractivity contribution in [2.24, 2.45) is 0 Å². The molecule has 3 heteroatoms. The SMILES string of the molecule is CCP(C)(=O)F. The predicted molar refractivity (Wildman–Crippen MR) is 25.2 cm³/mol. The summed E-state index contributed by atoms with van der Waals surface area (Å²) in [5.41, 5.74) is 0. The van der Waals surface area contributed by atoms with Crippen LogP contribution in [0.15, 0.2) is 0 Å². The first-order valence-corrected chi connectivity index (χ1v) is 4.05. The van der Waals surface area contributed by atoms with Crippen LogP contribution >= 0.6 is 7.45 Å². The van der Waals surface area contributed by atoms with Gasteiger partial charge in [0.1, 0.15) is 0 Å². The first kappa shape index (κ1) is 6.16. The van der Waals surface area contributed by atoms with Crippen molar-refractivity contribution in [2.45, 2.75) is 6.92 Å². The molecule has 0 aliphatic heterocycles. The molecule has 6 heavy (non-hydrogen) atoms. The molecular weight excluding hydrogens is 102 g/mol. The van der Waals surface area contributed by atoms with Crippen LogP contribution in [0.3, 0.4) is 0 Å². The van der Waals surface area contributed by atoms with E-state index in [1.807, 2.05) is 0 Å². The zero-order valence-corrected chi connectivity index (χ0v) is 4.83. The van der Waals surface area contributed by atoms with Crippen molar-refractivity contribution in [1.29, 1.82) is 0 Å². The molecule has 0 saturated carbocycles. The van der Waals surface area contributed by atoms with Crippen LogP contribution in [-0.4, -0.2) is 12.8 Å². The Morgan fingerprint density at radius 1 is 1.83 bits per heavy atom. The van der Waals surface area contributed by atoms with E-state index < -0.39 is 7.45 Å². The van der Waals surface area contributed by atoms with E-state index in [1.54, 1.807) is 6.92 Å². The molecule has 0 fully saturated rings. The van der Waals surface area contributed by atoms with Gasteiger partial charge in [-0.3, -0.25) is 4.57 Å². The molecular formula is C3H8FOP. The van der Waals surface area contributed by atoms with Gasteiger partial charge in [0.05, 0.1) is 0 Å². The molecule has 0 bridgehead atoms. The van der Waals surface area contributed by atoms with Gasteiger partial charge in [-0.25, -0.2) is 0 Å². The summed E-state index contributed by atoms with van der Waals surface area (Å²) in [5.74, 6) is 0. The second-order valence-electron chi connectivity index (χ2n) is 1.30. The van der Waals surface area contributed by atoms with Crippen LogP contribution in [0, 0.1) is 0 Å². The summed E-state index contributed by atoms with van der Waals surface area (Å²) in [7, 11) is -3.15. The Kier molecular flexibility index (Phi) is 1.79. The highest BCUT2D eigenvalue weighted by Crippen LogP contribution is 2.41. The Hall–Kier alpha value is 0.160. The fraction of sp³-hybridized carbons (Fsp3) is 1.00. The second-order valence-corrected chi connectivity index (χ2v) is 3.91. The zero-order valence-electron chi connectivity index (χ0n) is 3.94. The highest BCUT2D eigenvalue weighted by atomic mass is 31.2. The Labute approximate surface area is 37.0 Å². The van der Waals surface area contributed by atoms with Crippen LogP contribution in [0.4, 0.5) is 4.20 Å². The van der Waals surface area contributed by atoms with Gasteiger partial charge in [-0.2, -0.15) is 4.20 Å². The summed E-state index contributed by atoms with van der Waals surface area (Å²) in [4.78, 5) is 0. The van der Waals surface area contributed by atoms with Gasteiger partial charge in [0.25, 0.3) is 0 Å². The maximum absolute atomic E-state index is 11.7. The van der Waals surface area contributed by atoms with Gasteiger partial charge >= 0.3 is 0 Å². The lowest BCUT2D eigenvalue weighted by Gasteiger charge is -1.90. The molecule has 0 aliphatic carbocycles. The van der Waals surface area contributed by atoms with Crippen LogP contribution in [0.25, 0.3) is 0 Å². The lowest BCUT2D eigenvalue weighted by Crippen LogP contribution is -1.68. The van der Waals surface area contributed by atoms with Crippen molar-refractivity contribution >= 4 is 7.45 Å². The highest BCUT2D eigenvalue weighted by molar-refractivity contribution is 7.57. The summed E-state index contributed by atoms with van der Waals surface area (Å²) in [6, 6.07) is 0. The number of rotatable bonds is 1. The Morgan fingerprint density at radius 3 is 2.00 bits per heavy atom. The molecule has 0 spiro atoms. The van der Waals surface area contributed by atoms with E-state index in [9.17, 15) is 8.76 Å². The van der Waals surface area contributed by atoms with Gasteiger partial charge in [-0.05, 0) is 0 Å². The molecule has 0 radical (unpaired) electrons. The number of halogens is 1. The van der Waals surface area contributed by atoms with Crippen molar-refractivity contribution in [3.63, 3.8) is 0 Å². The van der Waals surface area contributed by atoms with Gasteiger partial charge < -0.3 is 0 Å². The maximum Gasteiger partial charge on any atom is 0.241 e. The third kappa shape index (κ3) is 4.16. The van der Waals surface area contributed by atoms with Gasteiger partial charge in [0.15, 0.2) is 0 Å². The number of hydrogen-bond acceptors (Lipinski definition) is 1. The molecule has 0 aliphatic rings. The quantitative estimate of drug-likeness (QED) is 0.471. The molecule has 0 aromatic heterocycles. The van der Waals surface area contributed by atoms with Crippen molar-refractivity contribution in [2.75, 3.05) is 12.8 Å². The van der Waals surface area contributed by atoms with Gasteiger partial charge in [0, 0.05) is 12.8 Å². The summed E-state index contributed by atoms with van der Waals surface area (Å²) in [5, 5.41) is 0. The second kappa shape index (κ2) is 1.74. The van der Waals surface area contributed by atoms with E-state index in [0.29, 0.717) is 0 Å². The van der Waals surface area contributed by atoms with E-state index in [0.717, 1.165) is 6.66 Å². The lowest BCUT2D eigenvalue weighted by molar-refractivity contribution is 0.547. The smallest absolute Gasteiger partial charge is 0.241 e. The first-order chi connectivity index (χ1) is 2.56. The fourth-order valence-electron chi connectivity index (χ4n) is 0. The van der Waals surface area contributed by atoms with Crippen molar-refractivity contribution < 1.29 is 8.76 Å². The molecule has 1 atom stereocenters. The standard InChI is InChI=1S/C3H8FOP/c1-3-6(2,4)5/h3H2,1-2H3. The molecule has 0 amide bonds. The fourth-order valence-corrected chi connectivity index (χ4v) is 0.